The third kappa shape index (κ3) is 3.76. The van der Waals surface area contributed by atoms with Crippen molar-refractivity contribution >= 4 is 72.1 Å². The predicted molar refractivity (Wildman–Crippen MR) is 90.8 cm³/mol. The average molecular weight is 431 g/mol. The highest BCUT2D eigenvalue weighted by molar-refractivity contribution is 9.10. The smallest absolute Gasteiger partial charge is 0.264 e. The van der Waals surface area contributed by atoms with Crippen molar-refractivity contribution in [3.05, 3.63) is 49.9 Å². The molecule has 2 aromatic carbocycles. The highest BCUT2D eigenvalue weighted by Crippen LogP contribution is 2.36. The van der Waals surface area contributed by atoms with E-state index in [1.54, 1.807) is 0 Å². The molecule has 0 bridgehead atoms. The second kappa shape index (κ2) is 6.22. The summed E-state index contributed by atoms with van der Waals surface area (Å²) in [5, 5.41) is 0.551. The van der Waals surface area contributed by atoms with Crippen LogP contribution in [0, 0.1) is 0 Å². The molecule has 0 heterocycles. The van der Waals surface area contributed by atoms with Gasteiger partial charge in [-0.2, -0.15) is 0 Å². The number of anilines is 2. The SMILES string of the molecule is Nc1ccc(Cl)cc1S(=O)(=O)Nc1c(Cl)cc(Br)cc1Cl. The second-order valence-corrected chi connectivity index (χ2v) is 7.85. The van der Waals surface area contributed by atoms with Gasteiger partial charge >= 0.3 is 0 Å². The van der Waals surface area contributed by atoms with Crippen molar-refractivity contribution < 1.29 is 8.42 Å². The molecule has 2 rings (SSSR count). The molecular formula is C12H8BrCl3N2O2S. The lowest BCUT2D eigenvalue weighted by molar-refractivity contribution is 0.601. The summed E-state index contributed by atoms with van der Waals surface area (Å²) in [7, 11) is -3.97. The highest BCUT2D eigenvalue weighted by Gasteiger charge is 2.21. The van der Waals surface area contributed by atoms with Gasteiger partial charge in [-0.25, -0.2) is 8.42 Å². The van der Waals surface area contributed by atoms with Gasteiger partial charge in [0.25, 0.3) is 10.0 Å². The number of nitrogens with two attached hydrogens (primary N) is 1. The summed E-state index contributed by atoms with van der Waals surface area (Å²) < 4.78 is 27.7. The molecule has 9 heteroatoms. The van der Waals surface area contributed by atoms with Crippen molar-refractivity contribution in [3.8, 4) is 0 Å². The Hall–Kier alpha value is -0.660. The van der Waals surface area contributed by atoms with Gasteiger partial charge in [0, 0.05) is 9.50 Å². The van der Waals surface area contributed by atoms with Crippen LogP contribution in [-0.2, 0) is 10.0 Å². The number of benzene rings is 2. The topological polar surface area (TPSA) is 72.2 Å². The molecular weight excluding hydrogens is 422 g/mol. The van der Waals surface area contributed by atoms with E-state index in [2.05, 4.69) is 20.7 Å². The molecule has 0 spiro atoms. The Kier molecular flexibility index (Phi) is 4.95. The van der Waals surface area contributed by atoms with Gasteiger partial charge in [0.05, 0.1) is 21.4 Å². The highest BCUT2D eigenvalue weighted by atomic mass is 79.9. The molecule has 2 aromatic rings. The van der Waals surface area contributed by atoms with Crippen molar-refractivity contribution in [2.45, 2.75) is 4.90 Å². The van der Waals surface area contributed by atoms with Crippen molar-refractivity contribution in [3.63, 3.8) is 0 Å². The number of halogens is 4. The monoisotopic (exact) mass is 428 g/mol. The summed E-state index contributed by atoms with van der Waals surface area (Å²) in [6.45, 7) is 0. The van der Waals surface area contributed by atoms with E-state index in [1.165, 1.54) is 30.3 Å². The number of sulfonamides is 1. The van der Waals surface area contributed by atoms with Gasteiger partial charge in [0.1, 0.15) is 4.90 Å². The van der Waals surface area contributed by atoms with E-state index >= 15 is 0 Å². The Balaban J connectivity index is 2.50. The van der Waals surface area contributed by atoms with Gasteiger partial charge in [0.15, 0.2) is 0 Å². The van der Waals surface area contributed by atoms with Gasteiger partial charge in [0.2, 0.25) is 0 Å². The lowest BCUT2D eigenvalue weighted by Gasteiger charge is -2.13. The van der Waals surface area contributed by atoms with Crippen LogP contribution < -0.4 is 10.5 Å². The van der Waals surface area contributed by atoms with Crippen LogP contribution in [0.4, 0.5) is 11.4 Å². The molecule has 3 N–H and O–H groups in total. The first-order valence-electron chi connectivity index (χ1n) is 5.43. The third-order valence-electron chi connectivity index (χ3n) is 2.51. The van der Waals surface area contributed by atoms with Crippen LogP contribution in [0.15, 0.2) is 39.7 Å². The standard InChI is InChI=1S/C12H8BrCl3N2O2S/c13-6-3-8(15)12(9(16)4-6)18-21(19,20)11-5-7(14)1-2-10(11)17/h1-5,18H,17H2. The molecule has 112 valence electrons. The minimum absolute atomic E-state index is 0.0660. The van der Waals surface area contributed by atoms with Gasteiger partial charge < -0.3 is 5.73 Å². The fourth-order valence-corrected chi connectivity index (χ4v) is 4.48. The largest absolute Gasteiger partial charge is 0.398 e. The van der Waals surface area contributed by atoms with Crippen molar-refractivity contribution in [1.82, 2.24) is 0 Å². The van der Waals surface area contributed by atoms with Crippen LogP contribution in [0.25, 0.3) is 0 Å². The molecule has 0 aliphatic carbocycles. The van der Waals surface area contributed by atoms with E-state index in [4.69, 9.17) is 40.5 Å². The zero-order chi connectivity index (χ0) is 15.8. The van der Waals surface area contributed by atoms with E-state index in [-0.39, 0.29) is 31.3 Å². The van der Waals surface area contributed by atoms with Crippen LogP contribution in [0.3, 0.4) is 0 Å². The molecule has 0 amide bonds. The fourth-order valence-electron chi connectivity index (χ4n) is 1.57. The molecule has 0 saturated carbocycles. The summed E-state index contributed by atoms with van der Waals surface area (Å²) >= 11 is 21.0. The first kappa shape index (κ1) is 16.7. The Morgan fingerprint density at radius 3 is 2.19 bits per heavy atom. The molecule has 4 nitrogen and oxygen atoms in total. The quantitative estimate of drug-likeness (QED) is 0.688. The summed E-state index contributed by atoms with van der Waals surface area (Å²) in [4.78, 5) is -0.148. The number of rotatable bonds is 3. The Morgan fingerprint density at radius 2 is 1.62 bits per heavy atom. The van der Waals surface area contributed by atoms with Crippen LogP contribution in [0.2, 0.25) is 15.1 Å². The number of nitrogens with one attached hydrogen (secondary N) is 1. The van der Waals surface area contributed by atoms with Crippen molar-refractivity contribution in [2.24, 2.45) is 0 Å². The van der Waals surface area contributed by atoms with Crippen LogP contribution >= 0.6 is 50.7 Å². The summed E-state index contributed by atoms with van der Waals surface area (Å²) in [6.07, 6.45) is 0. The number of hydrogen-bond donors (Lipinski definition) is 2. The van der Waals surface area contributed by atoms with E-state index < -0.39 is 10.0 Å². The summed E-state index contributed by atoms with van der Waals surface area (Å²) in [5.74, 6) is 0. The summed E-state index contributed by atoms with van der Waals surface area (Å²) in [5.41, 5.74) is 5.81. The van der Waals surface area contributed by atoms with Gasteiger partial charge in [-0.3, -0.25) is 4.72 Å². The van der Waals surface area contributed by atoms with Crippen LogP contribution in [-0.4, -0.2) is 8.42 Å². The maximum atomic E-state index is 12.4. The van der Waals surface area contributed by atoms with Crippen LogP contribution in [0.1, 0.15) is 0 Å². The third-order valence-corrected chi connectivity index (χ3v) is 5.20. The summed E-state index contributed by atoms with van der Waals surface area (Å²) in [6, 6.07) is 7.19. The molecule has 0 saturated heterocycles. The first-order valence-corrected chi connectivity index (χ1v) is 8.84. The Bertz CT molecular complexity index is 789. The van der Waals surface area contributed by atoms with E-state index in [1.807, 2.05) is 0 Å². The normalized spacial score (nSPS) is 11.4. The molecule has 21 heavy (non-hydrogen) atoms. The molecule has 0 aliphatic rings. The number of hydrogen-bond acceptors (Lipinski definition) is 3. The fraction of sp³-hybridized carbons (Fsp3) is 0. The zero-order valence-electron chi connectivity index (χ0n) is 10.2. The molecule has 0 aromatic heterocycles. The van der Waals surface area contributed by atoms with Crippen molar-refractivity contribution in [1.29, 1.82) is 0 Å². The Morgan fingerprint density at radius 1 is 1.05 bits per heavy atom. The number of nitrogen functional groups attached to an aromatic ring is 1. The van der Waals surface area contributed by atoms with Gasteiger partial charge in [-0.1, -0.05) is 50.7 Å². The molecule has 0 fully saturated rings. The second-order valence-electron chi connectivity index (χ2n) is 4.03. The van der Waals surface area contributed by atoms with Gasteiger partial charge in [-0.05, 0) is 30.3 Å². The van der Waals surface area contributed by atoms with E-state index in [0.717, 1.165) is 0 Å². The van der Waals surface area contributed by atoms with Gasteiger partial charge in [-0.15, -0.1) is 0 Å². The molecule has 0 aliphatic heterocycles. The van der Waals surface area contributed by atoms with E-state index in [0.29, 0.717) is 4.47 Å². The van der Waals surface area contributed by atoms with Crippen LogP contribution in [0.5, 0.6) is 0 Å². The maximum Gasteiger partial charge on any atom is 0.264 e. The predicted octanol–water partition coefficient (Wildman–Crippen LogP) is 4.79. The minimum Gasteiger partial charge on any atom is -0.398 e. The van der Waals surface area contributed by atoms with Crippen molar-refractivity contribution in [2.75, 3.05) is 10.5 Å². The lowest BCUT2D eigenvalue weighted by atomic mass is 10.3. The molecule has 0 unspecified atom stereocenters. The van der Waals surface area contributed by atoms with E-state index in [9.17, 15) is 8.42 Å². The average Bonchev–Trinajstić information content (AvgIpc) is 2.36. The minimum atomic E-state index is -3.97. The zero-order valence-corrected chi connectivity index (χ0v) is 14.9. The molecule has 0 atom stereocenters. The lowest BCUT2D eigenvalue weighted by Crippen LogP contribution is -2.15. The maximum absolute atomic E-state index is 12.4. The first-order chi connectivity index (χ1) is 9.70. The Labute approximate surface area is 145 Å². The molecule has 0 radical (unpaired) electrons.